The molecule has 88 valence electrons. The van der Waals surface area contributed by atoms with Gasteiger partial charge < -0.3 is 5.32 Å². The maximum absolute atomic E-state index is 13.1. The quantitative estimate of drug-likeness (QED) is 0.624. The summed E-state index contributed by atoms with van der Waals surface area (Å²) in [6.07, 6.45) is 0. The third kappa shape index (κ3) is 2.93. The molecule has 0 aliphatic heterocycles. The van der Waals surface area contributed by atoms with Crippen molar-refractivity contribution in [1.82, 2.24) is 0 Å². The zero-order valence-electron chi connectivity index (χ0n) is 7.33. The number of benzene rings is 1. The highest BCUT2D eigenvalue weighted by Gasteiger charge is 2.31. The lowest BCUT2D eigenvalue weighted by Crippen LogP contribution is -2.27. The number of hydrogen-bond acceptors (Lipinski definition) is 1. The van der Waals surface area contributed by atoms with E-state index < -0.39 is 32.8 Å². The van der Waals surface area contributed by atoms with Crippen LogP contribution in [0.1, 0.15) is 0 Å². The predicted octanol–water partition coefficient (Wildman–Crippen LogP) is 3.41. The van der Waals surface area contributed by atoms with Gasteiger partial charge in [0.1, 0.15) is 0 Å². The number of alkyl halides is 3. The third-order valence-electron chi connectivity index (χ3n) is 1.54. The number of carbonyl (C=O) groups is 1. The van der Waals surface area contributed by atoms with Crippen molar-refractivity contribution < 1.29 is 18.0 Å². The van der Waals surface area contributed by atoms with Crippen molar-refractivity contribution in [2.24, 2.45) is 0 Å². The lowest BCUT2D eigenvalue weighted by atomic mass is 10.3. The van der Waals surface area contributed by atoms with Gasteiger partial charge in [-0.05, 0) is 12.1 Å². The van der Waals surface area contributed by atoms with Crippen LogP contribution in [-0.4, -0.2) is 9.70 Å². The van der Waals surface area contributed by atoms with Gasteiger partial charge in [0.25, 0.3) is 9.70 Å². The van der Waals surface area contributed by atoms with Gasteiger partial charge in [0.15, 0.2) is 17.5 Å². The second-order valence-electron chi connectivity index (χ2n) is 2.67. The fourth-order valence-electron chi connectivity index (χ4n) is 0.816. The molecule has 0 aromatic heterocycles. The molecule has 8 heteroatoms. The van der Waals surface area contributed by atoms with Crippen molar-refractivity contribution >= 4 is 46.4 Å². The summed E-state index contributed by atoms with van der Waals surface area (Å²) in [6, 6.07) is 1.44. The molecule has 0 radical (unpaired) electrons. The fraction of sp³-hybridized carbons (Fsp3) is 0.125. The van der Waals surface area contributed by atoms with Crippen LogP contribution in [0.2, 0.25) is 0 Å². The Labute approximate surface area is 103 Å². The molecule has 0 heterocycles. The summed E-state index contributed by atoms with van der Waals surface area (Å²) < 4.78 is 36.0. The van der Waals surface area contributed by atoms with Gasteiger partial charge in [0.05, 0.1) is 5.69 Å². The van der Waals surface area contributed by atoms with Crippen molar-refractivity contribution in [1.29, 1.82) is 0 Å². The van der Waals surface area contributed by atoms with E-state index in [4.69, 9.17) is 34.8 Å². The molecule has 0 atom stereocenters. The molecular weight excluding hydrogens is 289 g/mol. The van der Waals surface area contributed by atoms with Crippen LogP contribution in [0.4, 0.5) is 18.9 Å². The predicted molar refractivity (Wildman–Crippen MR) is 55.2 cm³/mol. The summed E-state index contributed by atoms with van der Waals surface area (Å²) in [5.41, 5.74) is -0.616. The lowest BCUT2D eigenvalue weighted by Gasteiger charge is -2.12. The molecule has 0 saturated carbocycles. The van der Waals surface area contributed by atoms with Crippen LogP contribution in [-0.2, 0) is 4.79 Å². The monoisotopic (exact) mass is 291 g/mol. The van der Waals surface area contributed by atoms with Gasteiger partial charge in [-0.1, -0.05) is 34.8 Å². The summed E-state index contributed by atoms with van der Waals surface area (Å²) in [7, 11) is 0. The Morgan fingerprint density at radius 2 is 1.69 bits per heavy atom. The molecule has 16 heavy (non-hydrogen) atoms. The molecule has 2 nitrogen and oxygen atoms in total. The van der Waals surface area contributed by atoms with Gasteiger partial charge in [-0.15, -0.1) is 0 Å². The summed E-state index contributed by atoms with van der Waals surface area (Å²) >= 11 is 15.6. The SMILES string of the molecule is O=C(Nc1ccc(F)c(F)c1F)C(Cl)(Cl)Cl. The summed E-state index contributed by atoms with van der Waals surface area (Å²) in [4.78, 5) is 11.1. The number of carbonyl (C=O) groups excluding carboxylic acids is 1. The molecule has 0 unspecified atom stereocenters. The highest BCUT2D eigenvalue weighted by atomic mass is 35.6. The van der Waals surface area contributed by atoms with Crippen LogP contribution < -0.4 is 5.32 Å². The van der Waals surface area contributed by atoms with Gasteiger partial charge in [0.2, 0.25) is 0 Å². The summed E-state index contributed by atoms with van der Waals surface area (Å²) in [5, 5.41) is 1.80. The molecule has 1 aromatic carbocycles. The zero-order chi connectivity index (χ0) is 12.5. The minimum Gasteiger partial charge on any atom is -0.320 e. The second kappa shape index (κ2) is 4.69. The number of nitrogens with one attached hydrogen (secondary N) is 1. The molecule has 0 bridgehead atoms. The fourth-order valence-corrected chi connectivity index (χ4v) is 0.957. The first-order chi connectivity index (χ1) is 7.23. The van der Waals surface area contributed by atoms with Crippen molar-refractivity contribution in [3.05, 3.63) is 29.6 Å². The average Bonchev–Trinajstić information content (AvgIpc) is 2.17. The topological polar surface area (TPSA) is 29.1 Å². The number of hydrogen-bond donors (Lipinski definition) is 1. The first-order valence-corrected chi connectivity index (χ1v) is 4.88. The van der Waals surface area contributed by atoms with E-state index in [1.165, 1.54) is 0 Å². The largest absolute Gasteiger partial charge is 0.320 e. The number of rotatable bonds is 1. The van der Waals surface area contributed by atoms with Crippen molar-refractivity contribution in [3.8, 4) is 0 Å². The van der Waals surface area contributed by atoms with Crippen molar-refractivity contribution in [2.45, 2.75) is 3.79 Å². The zero-order valence-corrected chi connectivity index (χ0v) is 9.60. The lowest BCUT2D eigenvalue weighted by molar-refractivity contribution is -0.115. The van der Waals surface area contributed by atoms with E-state index in [0.29, 0.717) is 6.07 Å². The van der Waals surface area contributed by atoms with Crippen LogP contribution >= 0.6 is 34.8 Å². The third-order valence-corrected chi connectivity index (χ3v) is 2.06. The minimum absolute atomic E-state index is 0.616. The molecule has 1 N–H and O–H groups in total. The average molecular weight is 292 g/mol. The Kier molecular flexibility index (Phi) is 3.93. The van der Waals surface area contributed by atoms with E-state index in [1.807, 2.05) is 0 Å². The molecule has 1 aromatic rings. The van der Waals surface area contributed by atoms with E-state index in [9.17, 15) is 18.0 Å². The van der Waals surface area contributed by atoms with E-state index in [2.05, 4.69) is 0 Å². The molecule has 0 fully saturated rings. The maximum Gasteiger partial charge on any atom is 0.276 e. The Hall–Kier alpha value is -0.650. The second-order valence-corrected chi connectivity index (χ2v) is 4.96. The smallest absolute Gasteiger partial charge is 0.276 e. The van der Waals surface area contributed by atoms with Crippen LogP contribution in [0.3, 0.4) is 0 Å². The number of anilines is 1. The van der Waals surface area contributed by atoms with Gasteiger partial charge in [0, 0.05) is 0 Å². The van der Waals surface area contributed by atoms with Crippen LogP contribution in [0, 0.1) is 17.5 Å². The van der Waals surface area contributed by atoms with Crippen LogP contribution in [0.25, 0.3) is 0 Å². The van der Waals surface area contributed by atoms with E-state index >= 15 is 0 Å². The first kappa shape index (κ1) is 13.4. The Balaban J connectivity index is 3.00. The standard InChI is InChI=1S/C8H3Cl3F3NO/c9-8(10,11)7(16)15-4-2-1-3(12)5(13)6(4)14/h1-2H,(H,15,16). The molecule has 0 spiro atoms. The Bertz CT molecular complexity index is 433. The first-order valence-electron chi connectivity index (χ1n) is 3.75. The van der Waals surface area contributed by atoms with Gasteiger partial charge in [-0.3, -0.25) is 4.79 Å². The van der Waals surface area contributed by atoms with Crippen molar-refractivity contribution in [2.75, 3.05) is 5.32 Å². The van der Waals surface area contributed by atoms with E-state index in [0.717, 1.165) is 6.07 Å². The minimum atomic E-state index is -2.32. The molecule has 0 aliphatic rings. The number of amides is 1. The highest BCUT2D eigenvalue weighted by Crippen LogP contribution is 2.28. The normalized spacial score (nSPS) is 11.4. The van der Waals surface area contributed by atoms with Gasteiger partial charge in [-0.2, -0.15) is 0 Å². The molecule has 1 rings (SSSR count). The molecule has 1 amide bonds. The Morgan fingerprint density at radius 1 is 1.12 bits per heavy atom. The summed E-state index contributed by atoms with van der Waals surface area (Å²) in [6.45, 7) is 0. The van der Waals surface area contributed by atoms with Crippen LogP contribution in [0.5, 0.6) is 0 Å². The summed E-state index contributed by atoms with van der Waals surface area (Å²) in [5.74, 6) is -5.85. The van der Waals surface area contributed by atoms with Crippen molar-refractivity contribution in [3.63, 3.8) is 0 Å². The van der Waals surface area contributed by atoms with Gasteiger partial charge in [-0.25, -0.2) is 13.2 Å². The van der Waals surface area contributed by atoms with Crippen LogP contribution in [0.15, 0.2) is 12.1 Å². The maximum atomic E-state index is 13.1. The molecule has 0 aliphatic carbocycles. The Morgan fingerprint density at radius 3 is 2.19 bits per heavy atom. The molecule has 0 saturated heterocycles. The van der Waals surface area contributed by atoms with E-state index in [1.54, 1.807) is 5.32 Å². The van der Waals surface area contributed by atoms with E-state index in [-0.39, 0.29) is 0 Å². The number of halogens is 6. The van der Waals surface area contributed by atoms with Gasteiger partial charge >= 0.3 is 0 Å². The highest BCUT2D eigenvalue weighted by molar-refractivity contribution is 6.76. The molecular formula is C8H3Cl3F3NO.